The topological polar surface area (TPSA) is 29.1 Å². The number of carbonyl (C=O) groups is 1. The van der Waals surface area contributed by atoms with Crippen molar-refractivity contribution in [3.8, 4) is 0 Å². The number of hydrogen-bond donors (Lipinski definition) is 1. The summed E-state index contributed by atoms with van der Waals surface area (Å²) in [7, 11) is 0. The van der Waals surface area contributed by atoms with Crippen molar-refractivity contribution in [2.45, 2.75) is 0 Å². The van der Waals surface area contributed by atoms with E-state index in [1.165, 1.54) is 5.32 Å². The molecular formula is C13H5F6NO. The molecule has 0 saturated heterocycles. The number of halogens is 6. The minimum atomic E-state index is -2.34. The Kier molecular flexibility index (Phi) is 3.88. The first kappa shape index (κ1) is 14.9. The predicted molar refractivity (Wildman–Crippen MR) is 60.6 cm³/mol. The maximum atomic E-state index is 13.3. The van der Waals surface area contributed by atoms with Gasteiger partial charge in [0.2, 0.25) is 5.82 Å². The van der Waals surface area contributed by atoms with E-state index in [0.29, 0.717) is 0 Å². The van der Waals surface area contributed by atoms with Gasteiger partial charge in [0.05, 0.1) is 0 Å². The molecule has 0 bridgehead atoms. The second-order valence-corrected chi connectivity index (χ2v) is 3.91. The number of rotatable bonds is 2. The van der Waals surface area contributed by atoms with Crippen LogP contribution >= 0.6 is 0 Å². The fourth-order valence-corrected chi connectivity index (χ4v) is 1.53. The van der Waals surface area contributed by atoms with E-state index < -0.39 is 46.5 Å². The van der Waals surface area contributed by atoms with E-state index >= 15 is 0 Å². The highest BCUT2D eigenvalue weighted by Gasteiger charge is 2.27. The van der Waals surface area contributed by atoms with Crippen molar-refractivity contribution in [3.63, 3.8) is 0 Å². The fourth-order valence-electron chi connectivity index (χ4n) is 1.53. The molecule has 0 fully saturated rings. The van der Waals surface area contributed by atoms with Gasteiger partial charge in [-0.15, -0.1) is 0 Å². The first-order valence-corrected chi connectivity index (χ1v) is 5.41. The lowest BCUT2D eigenvalue weighted by Crippen LogP contribution is -2.17. The Morgan fingerprint density at radius 3 is 1.86 bits per heavy atom. The lowest BCUT2D eigenvalue weighted by molar-refractivity contribution is 0.102. The summed E-state index contributed by atoms with van der Waals surface area (Å²) in [6.07, 6.45) is 0. The average molecular weight is 305 g/mol. The molecule has 2 aromatic carbocycles. The van der Waals surface area contributed by atoms with Gasteiger partial charge in [0.15, 0.2) is 23.3 Å². The Hall–Kier alpha value is -2.51. The van der Waals surface area contributed by atoms with Crippen molar-refractivity contribution in [2.75, 3.05) is 5.32 Å². The number of anilines is 1. The van der Waals surface area contributed by atoms with Crippen molar-refractivity contribution < 1.29 is 31.1 Å². The Balaban J connectivity index is 2.43. The summed E-state index contributed by atoms with van der Waals surface area (Å²) in [5.41, 5.74) is -1.85. The molecule has 0 atom stereocenters. The zero-order chi connectivity index (χ0) is 15.7. The molecule has 21 heavy (non-hydrogen) atoms. The second-order valence-electron chi connectivity index (χ2n) is 3.91. The van der Waals surface area contributed by atoms with Gasteiger partial charge < -0.3 is 5.32 Å². The molecule has 0 aliphatic carbocycles. The highest BCUT2D eigenvalue weighted by atomic mass is 19.2. The van der Waals surface area contributed by atoms with Crippen LogP contribution < -0.4 is 5.32 Å². The third-order valence-corrected chi connectivity index (χ3v) is 2.54. The van der Waals surface area contributed by atoms with Gasteiger partial charge in [-0.05, 0) is 18.2 Å². The van der Waals surface area contributed by atoms with Gasteiger partial charge in [-0.1, -0.05) is 6.07 Å². The van der Waals surface area contributed by atoms with Gasteiger partial charge >= 0.3 is 0 Å². The van der Waals surface area contributed by atoms with Crippen LogP contribution in [-0.4, -0.2) is 5.91 Å². The first-order chi connectivity index (χ1) is 9.82. The number of nitrogens with one attached hydrogen (secondary N) is 1. The third kappa shape index (κ3) is 2.69. The Morgan fingerprint density at radius 1 is 0.810 bits per heavy atom. The number of benzene rings is 2. The molecule has 0 saturated carbocycles. The van der Waals surface area contributed by atoms with Gasteiger partial charge in [0, 0.05) is 5.56 Å². The predicted octanol–water partition coefficient (Wildman–Crippen LogP) is 3.77. The highest BCUT2D eigenvalue weighted by Crippen LogP contribution is 2.27. The van der Waals surface area contributed by atoms with Crippen molar-refractivity contribution in [1.29, 1.82) is 0 Å². The first-order valence-electron chi connectivity index (χ1n) is 5.41. The van der Waals surface area contributed by atoms with Crippen LogP contribution in [0.5, 0.6) is 0 Å². The van der Waals surface area contributed by atoms with Gasteiger partial charge in [0.25, 0.3) is 5.91 Å². The fraction of sp³-hybridized carbons (Fsp3) is 0. The molecule has 0 unspecified atom stereocenters. The minimum absolute atomic E-state index is 0.348. The van der Waals surface area contributed by atoms with Gasteiger partial charge in [0.1, 0.15) is 11.5 Å². The zero-order valence-corrected chi connectivity index (χ0v) is 9.99. The second kappa shape index (κ2) is 5.47. The van der Waals surface area contributed by atoms with E-state index in [9.17, 15) is 31.1 Å². The largest absolute Gasteiger partial charge is 0.317 e. The quantitative estimate of drug-likeness (QED) is 0.511. The summed E-state index contributed by atoms with van der Waals surface area (Å²) < 4.78 is 78.3. The van der Waals surface area contributed by atoms with Gasteiger partial charge in [-0.2, -0.15) is 0 Å². The smallest absolute Gasteiger partial charge is 0.255 e. The van der Waals surface area contributed by atoms with Crippen LogP contribution in [0.15, 0.2) is 24.3 Å². The summed E-state index contributed by atoms with van der Waals surface area (Å²) in [6, 6.07) is 3.99. The molecule has 2 nitrogen and oxygen atoms in total. The molecule has 2 rings (SSSR count). The number of carbonyl (C=O) groups excluding carboxylic acids is 1. The lowest BCUT2D eigenvalue weighted by Gasteiger charge is -2.09. The molecule has 0 aromatic heterocycles. The Labute approximate surface area is 114 Å². The van der Waals surface area contributed by atoms with Crippen LogP contribution in [0.2, 0.25) is 0 Å². The SMILES string of the molecule is O=C(Nc1c(F)c(F)c(F)c(F)c1F)c1cccc(F)c1. The van der Waals surface area contributed by atoms with Crippen molar-refractivity contribution in [2.24, 2.45) is 0 Å². The Morgan fingerprint density at radius 2 is 1.33 bits per heavy atom. The lowest BCUT2D eigenvalue weighted by atomic mass is 10.2. The normalized spacial score (nSPS) is 10.6. The summed E-state index contributed by atoms with van der Waals surface area (Å²) in [5, 5.41) is 1.53. The van der Waals surface area contributed by atoms with E-state index in [0.717, 1.165) is 24.3 Å². The molecule has 0 aliphatic heterocycles. The van der Waals surface area contributed by atoms with Gasteiger partial charge in [-0.3, -0.25) is 4.79 Å². The maximum absolute atomic E-state index is 13.3. The minimum Gasteiger partial charge on any atom is -0.317 e. The molecule has 1 amide bonds. The summed E-state index contributed by atoms with van der Waals surface area (Å²) in [5.74, 6) is -13.1. The van der Waals surface area contributed by atoms with Crippen LogP contribution in [0, 0.1) is 34.9 Å². The molecule has 0 heterocycles. The van der Waals surface area contributed by atoms with Crippen molar-refractivity contribution in [1.82, 2.24) is 0 Å². The van der Waals surface area contributed by atoms with E-state index in [4.69, 9.17) is 0 Å². The Bertz CT molecular complexity index is 702. The monoisotopic (exact) mass is 305 g/mol. The van der Waals surface area contributed by atoms with Crippen LogP contribution in [0.25, 0.3) is 0 Å². The van der Waals surface area contributed by atoms with Gasteiger partial charge in [-0.25, -0.2) is 26.3 Å². The number of amides is 1. The van der Waals surface area contributed by atoms with Crippen LogP contribution in [0.3, 0.4) is 0 Å². The molecule has 0 radical (unpaired) electrons. The zero-order valence-electron chi connectivity index (χ0n) is 9.99. The average Bonchev–Trinajstić information content (AvgIpc) is 2.47. The summed E-state index contributed by atoms with van der Waals surface area (Å²) >= 11 is 0. The van der Waals surface area contributed by atoms with Crippen molar-refractivity contribution in [3.05, 3.63) is 64.7 Å². The van der Waals surface area contributed by atoms with Crippen LogP contribution in [0.4, 0.5) is 32.0 Å². The summed E-state index contributed by atoms with van der Waals surface area (Å²) in [4.78, 5) is 11.6. The standard InChI is InChI=1S/C13H5F6NO/c14-6-3-1-2-5(4-6)13(21)20-12-10(18)8(16)7(15)9(17)11(12)19/h1-4H,(H,20,21). The van der Waals surface area contributed by atoms with Crippen LogP contribution in [0.1, 0.15) is 10.4 Å². The third-order valence-electron chi connectivity index (χ3n) is 2.54. The van der Waals surface area contributed by atoms with E-state index in [1.54, 1.807) is 0 Å². The van der Waals surface area contributed by atoms with E-state index in [2.05, 4.69) is 0 Å². The van der Waals surface area contributed by atoms with E-state index in [-0.39, 0.29) is 5.56 Å². The molecule has 1 N–H and O–H groups in total. The summed E-state index contributed by atoms with van der Waals surface area (Å²) in [6.45, 7) is 0. The van der Waals surface area contributed by atoms with Crippen LogP contribution in [-0.2, 0) is 0 Å². The van der Waals surface area contributed by atoms with Crippen molar-refractivity contribution >= 4 is 11.6 Å². The molecule has 0 aliphatic rings. The molecule has 0 spiro atoms. The molecule has 2 aromatic rings. The maximum Gasteiger partial charge on any atom is 0.255 e. The van der Waals surface area contributed by atoms with E-state index in [1.807, 2.05) is 0 Å². The number of hydrogen-bond acceptors (Lipinski definition) is 1. The highest BCUT2D eigenvalue weighted by molar-refractivity contribution is 6.04. The molecule has 8 heteroatoms. The molecule has 110 valence electrons. The molecular weight excluding hydrogens is 300 g/mol.